The molecule has 0 spiro atoms. The van der Waals surface area contributed by atoms with Gasteiger partial charge in [-0.25, -0.2) is 4.79 Å². The van der Waals surface area contributed by atoms with Crippen LogP contribution in [0.2, 0.25) is 0 Å². The first kappa shape index (κ1) is 20.1. The molecule has 1 fully saturated rings. The fourth-order valence-corrected chi connectivity index (χ4v) is 2.44. The molecular weight excluding hydrogens is 363 g/mol. The maximum Gasteiger partial charge on any atom is 0.453 e. The van der Waals surface area contributed by atoms with Crippen molar-refractivity contribution < 1.29 is 36.2 Å². The first-order chi connectivity index (χ1) is 12.2. The summed E-state index contributed by atoms with van der Waals surface area (Å²) in [6.45, 7) is 0.718. The highest BCUT2D eigenvalue weighted by Crippen LogP contribution is 2.39. The number of alkyl halides is 5. The van der Waals surface area contributed by atoms with E-state index < -0.39 is 24.9 Å². The van der Waals surface area contributed by atoms with E-state index in [1.54, 1.807) is 6.07 Å². The molecule has 1 aromatic rings. The molecular formula is C16H19F5N2O3. The van der Waals surface area contributed by atoms with Gasteiger partial charge in [-0.3, -0.25) is 4.90 Å². The molecule has 0 saturated carbocycles. The number of rotatable bonds is 7. The summed E-state index contributed by atoms with van der Waals surface area (Å²) in [4.78, 5) is 13.4. The molecule has 1 aliphatic heterocycles. The number of halogens is 5. The van der Waals surface area contributed by atoms with E-state index >= 15 is 0 Å². The van der Waals surface area contributed by atoms with E-state index in [4.69, 9.17) is 9.47 Å². The molecule has 5 nitrogen and oxygen atoms in total. The lowest BCUT2D eigenvalue weighted by Crippen LogP contribution is -2.46. The quantitative estimate of drug-likeness (QED) is 0.574. The number of hydrogen-bond donors (Lipinski definition) is 1. The molecule has 0 bridgehead atoms. The first-order valence-corrected chi connectivity index (χ1v) is 7.96. The predicted octanol–water partition coefficient (Wildman–Crippen LogP) is 3.97. The zero-order chi connectivity index (χ0) is 19.4. The monoisotopic (exact) mass is 382 g/mol. The molecule has 0 aliphatic carbocycles. The normalized spacial score (nSPS) is 15.6. The third-order valence-corrected chi connectivity index (χ3v) is 3.85. The lowest BCUT2D eigenvalue weighted by atomic mass is 10.2. The summed E-state index contributed by atoms with van der Waals surface area (Å²) < 4.78 is 72.6. The Morgan fingerprint density at radius 3 is 2.54 bits per heavy atom. The molecule has 10 heteroatoms. The van der Waals surface area contributed by atoms with Crippen molar-refractivity contribution in [3.8, 4) is 11.5 Å². The number of benzene rings is 1. The number of methoxy groups -OCH3 is 1. The number of ether oxygens (including phenoxy) is 2. The van der Waals surface area contributed by atoms with Crippen molar-refractivity contribution in [2.45, 2.75) is 31.4 Å². The van der Waals surface area contributed by atoms with Gasteiger partial charge in [-0.05, 0) is 25.0 Å². The van der Waals surface area contributed by atoms with E-state index in [9.17, 15) is 26.7 Å². The zero-order valence-corrected chi connectivity index (χ0v) is 14.0. The van der Waals surface area contributed by atoms with Gasteiger partial charge < -0.3 is 14.8 Å². The summed E-state index contributed by atoms with van der Waals surface area (Å²) >= 11 is 0. The molecule has 1 aliphatic rings. The minimum Gasteiger partial charge on any atom is -0.493 e. The number of nitrogens with zero attached hydrogens (tertiary/aromatic N) is 1. The van der Waals surface area contributed by atoms with E-state index in [1.807, 2.05) is 0 Å². The second kappa shape index (κ2) is 7.96. The zero-order valence-electron chi connectivity index (χ0n) is 14.0. The van der Waals surface area contributed by atoms with Crippen LogP contribution in [-0.2, 0) is 0 Å². The van der Waals surface area contributed by atoms with E-state index in [0.29, 0.717) is 18.8 Å². The van der Waals surface area contributed by atoms with Gasteiger partial charge in [0.1, 0.15) is 0 Å². The highest BCUT2D eigenvalue weighted by molar-refractivity contribution is 5.93. The fraction of sp³-hybridized carbons (Fsp3) is 0.562. The third-order valence-electron chi connectivity index (χ3n) is 3.85. The minimum atomic E-state index is -5.58. The number of hydrogen-bond acceptors (Lipinski definition) is 3. The number of amides is 2. The maximum atomic E-state index is 12.9. The Balaban J connectivity index is 2.01. The van der Waals surface area contributed by atoms with Crippen LogP contribution in [0.3, 0.4) is 0 Å². The lowest BCUT2D eigenvalue weighted by Gasteiger charge is -2.28. The number of carbonyl (C=O) groups is 1. The molecule has 146 valence electrons. The first-order valence-electron chi connectivity index (χ1n) is 7.96. The summed E-state index contributed by atoms with van der Waals surface area (Å²) in [6.07, 6.45) is -6.69. The summed E-state index contributed by atoms with van der Waals surface area (Å²) in [5.41, 5.74) is 0.513. The second-order valence-corrected chi connectivity index (χ2v) is 5.73. The van der Waals surface area contributed by atoms with Gasteiger partial charge >= 0.3 is 18.1 Å². The topological polar surface area (TPSA) is 50.8 Å². The van der Waals surface area contributed by atoms with Gasteiger partial charge in [-0.1, -0.05) is 0 Å². The predicted molar refractivity (Wildman–Crippen MR) is 84.1 cm³/mol. The number of urea groups is 1. The summed E-state index contributed by atoms with van der Waals surface area (Å²) in [5, 5.41) is 2.69. The Morgan fingerprint density at radius 1 is 1.19 bits per heavy atom. The Kier molecular flexibility index (Phi) is 6.14. The molecule has 2 rings (SSSR count). The average Bonchev–Trinajstić information content (AvgIpc) is 2.58. The van der Waals surface area contributed by atoms with Gasteiger partial charge in [0.05, 0.1) is 13.7 Å². The van der Waals surface area contributed by atoms with Gasteiger partial charge in [-0.2, -0.15) is 22.0 Å². The number of nitrogens with one attached hydrogen (secondary N) is 1. The van der Waals surface area contributed by atoms with Gasteiger partial charge in [0.2, 0.25) is 0 Å². The maximum absolute atomic E-state index is 12.9. The largest absolute Gasteiger partial charge is 0.493 e. The van der Waals surface area contributed by atoms with E-state index in [-0.39, 0.29) is 24.1 Å². The summed E-state index contributed by atoms with van der Waals surface area (Å²) in [6, 6.07) is 4.38. The molecule has 0 aromatic heterocycles. The lowest BCUT2D eigenvalue weighted by molar-refractivity contribution is -0.284. The van der Waals surface area contributed by atoms with Crippen molar-refractivity contribution in [1.29, 1.82) is 0 Å². The van der Waals surface area contributed by atoms with Crippen molar-refractivity contribution in [1.82, 2.24) is 5.32 Å². The van der Waals surface area contributed by atoms with Crippen molar-refractivity contribution in [3.05, 3.63) is 18.2 Å². The van der Waals surface area contributed by atoms with Crippen LogP contribution in [0.4, 0.5) is 32.4 Å². The smallest absolute Gasteiger partial charge is 0.453 e. The Morgan fingerprint density at radius 2 is 1.92 bits per heavy atom. The molecule has 0 unspecified atom stereocenters. The van der Waals surface area contributed by atoms with E-state index in [1.165, 1.54) is 24.1 Å². The molecule has 0 atom stereocenters. The molecule has 1 aromatic carbocycles. The van der Waals surface area contributed by atoms with Gasteiger partial charge in [0.25, 0.3) is 0 Å². The molecule has 1 saturated heterocycles. The van der Waals surface area contributed by atoms with Crippen LogP contribution in [0.5, 0.6) is 11.5 Å². The van der Waals surface area contributed by atoms with Crippen LogP contribution in [0.15, 0.2) is 18.2 Å². The molecule has 0 radical (unpaired) electrons. The van der Waals surface area contributed by atoms with E-state index in [0.717, 1.165) is 6.42 Å². The summed E-state index contributed by atoms with van der Waals surface area (Å²) in [7, 11) is 1.37. The Labute approximate surface area is 147 Å². The van der Waals surface area contributed by atoms with Crippen LogP contribution in [-0.4, -0.2) is 44.9 Å². The van der Waals surface area contributed by atoms with Crippen molar-refractivity contribution in [2.24, 2.45) is 0 Å². The molecule has 1 N–H and O–H groups in total. The minimum absolute atomic E-state index is 0.165. The Bertz CT molecular complexity index is 637. The molecule has 2 amide bonds. The van der Waals surface area contributed by atoms with Gasteiger partial charge in [-0.15, -0.1) is 0 Å². The molecule has 1 heterocycles. The SMILES string of the molecule is COc1ccc(N2CCCNC2=O)cc1OCCCC(F)(F)C(F)(F)F. The fourth-order valence-electron chi connectivity index (χ4n) is 2.44. The average molecular weight is 382 g/mol. The number of anilines is 1. The van der Waals surface area contributed by atoms with Crippen LogP contribution in [0.1, 0.15) is 19.3 Å². The summed E-state index contributed by atoms with van der Waals surface area (Å²) in [5.74, 6) is -4.30. The van der Waals surface area contributed by atoms with Crippen molar-refractivity contribution >= 4 is 11.7 Å². The second-order valence-electron chi connectivity index (χ2n) is 5.73. The van der Waals surface area contributed by atoms with Gasteiger partial charge in [0.15, 0.2) is 11.5 Å². The van der Waals surface area contributed by atoms with Crippen LogP contribution < -0.4 is 19.7 Å². The van der Waals surface area contributed by atoms with Crippen LogP contribution in [0, 0.1) is 0 Å². The van der Waals surface area contributed by atoms with Crippen molar-refractivity contribution in [3.63, 3.8) is 0 Å². The van der Waals surface area contributed by atoms with Crippen LogP contribution in [0.25, 0.3) is 0 Å². The third kappa shape index (κ3) is 4.67. The number of carbonyl (C=O) groups excluding carboxylic acids is 1. The standard InChI is InChI=1S/C16H19F5N2O3/c1-25-12-5-4-11(23-8-3-7-22-14(23)24)10-13(12)26-9-2-6-15(17,18)16(19,20)21/h4-5,10H,2-3,6-9H2,1H3,(H,22,24). The van der Waals surface area contributed by atoms with E-state index in [2.05, 4.69) is 5.32 Å². The highest BCUT2D eigenvalue weighted by atomic mass is 19.4. The highest BCUT2D eigenvalue weighted by Gasteiger charge is 2.56. The van der Waals surface area contributed by atoms with Crippen molar-refractivity contribution in [2.75, 3.05) is 31.7 Å². The van der Waals surface area contributed by atoms with Gasteiger partial charge in [0, 0.05) is 31.3 Å². The van der Waals surface area contributed by atoms with Crippen LogP contribution >= 0.6 is 0 Å². The molecule has 26 heavy (non-hydrogen) atoms. The Hall–Kier alpha value is -2.26.